The summed E-state index contributed by atoms with van der Waals surface area (Å²) >= 11 is 0. The molecule has 0 aromatic heterocycles. The third kappa shape index (κ3) is 20.6. The van der Waals surface area contributed by atoms with Crippen LogP contribution in [0.1, 0.15) is 123 Å². The van der Waals surface area contributed by atoms with Crippen LogP contribution < -0.4 is 51.4 Å². The molecule has 1 N–H and O–H groups in total. The van der Waals surface area contributed by atoms with Crippen LogP contribution >= 0.6 is 0 Å². The summed E-state index contributed by atoms with van der Waals surface area (Å²) in [7, 11) is -4.15. The van der Waals surface area contributed by atoms with Gasteiger partial charge in [0.05, 0.1) is 16.2 Å². The van der Waals surface area contributed by atoms with Crippen LogP contribution in [0.25, 0.3) is 0 Å². The Bertz CT molecular complexity index is 401. The largest absolute Gasteiger partial charge is 1.00 e. The fraction of sp³-hybridized carbons (Fsp3) is 1.00. The van der Waals surface area contributed by atoms with E-state index >= 15 is 0 Å². The Morgan fingerprint density at radius 1 is 0.667 bits per heavy atom. The van der Waals surface area contributed by atoms with Gasteiger partial charge in [0.15, 0.2) is 0 Å². The fourth-order valence-electron chi connectivity index (χ4n) is 3.45. The number of aliphatic hydroxyl groups is 1. The fourth-order valence-corrected chi connectivity index (χ4v) is 4.36. The van der Waals surface area contributed by atoms with Crippen LogP contribution in [-0.4, -0.2) is 29.4 Å². The van der Waals surface area contributed by atoms with Gasteiger partial charge in [-0.05, 0) is 25.7 Å². The molecule has 4 nitrogen and oxygen atoms in total. The van der Waals surface area contributed by atoms with Crippen LogP contribution in [0.3, 0.4) is 0 Å². The van der Waals surface area contributed by atoms with Crippen molar-refractivity contribution in [1.29, 1.82) is 0 Å². The Labute approximate surface area is 211 Å². The minimum absolute atomic E-state index is 0. The van der Waals surface area contributed by atoms with Crippen LogP contribution in [0, 0.1) is 0 Å². The Hall–Kier alpha value is 1.51. The van der Waals surface area contributed by atoms with Gasteiger partial charge in [0.25, 0.3) is 0 Å². The SMILES string of the molecule is CCCCCCCC(CCCCCCCCC(O)CCCC)S(=O)(=O)[O-].[K+]. The van der Waals surface area contributed by atoms with E-state index in [0.29, 0.717) is 12.8 Å². The molecule has 0 rings (SSSR count). The van der Waals surface area contributed by atoms with Gasteiger partial charge in [-0.3, -0.25) is 0 Å². The maximum atomic E-state index is 11.4. The summed E-state index contributed by atoms with van der Waals surface area (Å²) < 4.78 is 34.2. The molecule has 0 radical (unpaired) electrons. The summed E-state index contributed by atoms with van der Waals surface area (Å²) in [5, 5.41) is 9.11. The van der Waals surface area contributed by atoms with Gasteiger partial charge >= 0.3 is 51.4 Å². The molecule has 0 aromatic carbocycles. The first kappa shape index (κ1) is 30.7. The van der Waals surface area contributed by atoms with Gasteiger partial charge in [0, 0.05) is 5.25 Å². The minimum Gasteiger partial charge on any atom is -0.748 e. The summed E-state index contributed by atoms with van der Waals surface area (Å²) in [6, 6.07) is 0. The second kappa shape index (κ2) is 20.8. The Kier molecular flexibility index (Phi) is 23.6. The van der Waals surface area contributed by atoms with Gasteiger partial charge in [-0.25, -0.2) is 8.42 Å². The molecule has 2 atom stereocenters. The van der Waals surface area contributed by atoms with Crippen LogP contribution in [0.15, 0.2) is 0 Å². The van der Waals surface area contributed by atoms with Crippen molar-refractivity contribution in [2.24, 2.45) is 0 Å². The van der Waals surface area contributed by atoms with E-state index in [1.54, 1.807) is 0 Å². The zero-order valence-electron chi connectivity index (χ0n) is 18.3. The molecule has 27 heavy (non-hydrogen) atoms. The van der Waals surface area contributed by atoms with Crippen LogP contribution in [-0.2, 0) is 10.1 Å². The van der Waals surface area contributed by atoms with E-state index in [0.717, 1.165) is 83.5 Å². The first-order valence-electron chi connectivity index (χ1n) is 11.0. The molecule has 0 amide bonds. The molecular formula is C21H43KO4S. The minimum atomic E-state index is -4.15. The van der Waals surface area contributed by atoms with Crippen molar-refractivity contribution in [3.63, 3.8) is 0 Å². The Morgan fingerprint density at radius 3 is 1.48 bits per heavy atom. The topological polar surface area (TPSA) is 77.4 Å². The smallest absolute Gasteiger partial charge is 0.748 e. The van der Waals surface area contributed by atoms with E-state index in [9.17, 15) is 18.1 Å². The Morgan fingerprint density at radius 2 is 1.04 bits per heavy atom. The quantitative estimate of drug-likeness (QED) is 0.194. The average Bonchev–Trinajstić information content (AvgIpc) is 2.59. The third-order valence-corrected chi connectivity index (χ3v) is 6.53. The van der Waals surface area contributed by atoms with E-state index in [1.807, 2.05) is 0 Å². The number of hydrogen-bond donors (Lipinski definition) is 1. The van der Waals surface area contributed by atoms with E-state index in [4.69, 9.17) is 0 Å². The van der Waals surface area contributed by atoms with Crippen molar-refractivity contribution < 1.29 is 69.5 Å². The van der Waals surface area contributed by atoms with E-state index in [2.05, 4.69) is 13.8 Å². The van der Waals surface area contributed by atoms with Crippen molar-refractivity contribution in [3.8, 4) is 0 Å². The molecule has 0 saturated carbocycles. The maximum Gasteiger partial charge on any atom is 1.00 e. The first-order chi connectivity index (χ1) is 12.4. The van der Waals surface area contributed by atoms with Crippen molar-refractivity contribution in [1.82, 2.24) is 0 Å². The predicted molar refractivity (Wildman–Crippen MR) is 109 cm³/mol. The number of aliphatic hydroxyl groups excluding tert-OH is 1. The van der Waals surface area contributed by atoms with E-state index in [1.165, 1.54) is 12.8 Å². The molecule has 0 saturated heterocycles. The van der Waals surface area contributed by atoms with Crippen molar-refractivity contribution >= 4 is 10.1 Å². The first-order valence-corrected chi connectivity index (χ1v) is 12.5. The van der Waals surface area contributed by atoms with Crippen molar-refractivity contribution in [3.05, 3.63) is 0 Å². The molecule has 0 aliphatic heterocycles. The average molecular weight is 431 g/mol. The zero-order chi connectivity index (χ0) is 19.7. The molecule has 0 fully saturated rings. The Balaban J connectivity index is 0. The van der Waals surface area contributed by atoms with Gasteiger partial charge < -0.3 is 9.66 Å². The molecule has 158 valence electrons. The summed E-state index contributed by atoms with van der Waals surface area (Å²) in [4.78, 5) is 0. The van der Waals surface area contributed by atoms with Crippen LogP contribution in [0.5, 0.6) is 0 Å². The van der Waals surface area contributed by atoms with Crippen molar-refractivity contribution in [2.75, 3.05) is 0 Å². The van der Waals surface area contributed by atoms with Crippen LogP contribution in [0.4, 0.5) is 0 Å². The predicted octanol–water partition coefficient (Wildman–Crippen LogP) is 2.94. The van der Waals surface area contributed by atoms with E-state index in [-0.39, 0.29) is 57.5 Å². The normalized spacial score (nSPS) is 13.9. The monoisotopic (exact) mass is 430 g/mol. The molecule has 6 heteroatoms. The molecule has 0 spiro atoms. The van der Waals surface area contributed by atoms with Gasteiger partial charge in [0.2, 0.25) is 0 Å². The summed E-state index contributed by atoms with van der Waals surface area (Å²) in [6.45, 7) is 4.29. The van der Waals surface area contributed by atoms with Gasteiger partial charge in [-0.1, -0.05) is 97.3 Å². The second-order valence-corrected chi connectivity index (χ2v) is 9.46. The molecule has 0 aliphatic carbocycles. The molecule has 0 heterocycles. The maximum absolute atomic E-state index is 11.4. The molecule has 0 bridgehead atoms. The summed E-state index contributed by atoms with van der Waals surface area (Å²) in [5.74, 6) is 0. The molecule has 0 aliphatic rings. The second-order valence-electron chi connectivity index (χ2n) is 7.81. The van der Waals surface area contributed by atoms with Gasteiger partial charge in [-0.15, -0.1) is 0 Å². The third-order valence-electron chi connectivity index (χ3n) is 5.24. The number of hydrogen-bond acceptors (Lipinski definition) is 4. The molecular weight excluding hydrogens is 387 g/mol. The summed E-state index contributed by atoms with van der Waals surface area (Å²) in [6.07, 6.45) is 16.6. The number of unbranched alkanes of at least 4 members (excludes halogenated alkanes) is 10. The van der Waals surface area contributed by atoms with E-state index < -0.39 is 15.4 Å². The standard InChI is InChI=1S/C21H44O4S.K/c1-3-5-7-10-14-18-21(26(23,24)25)19-15-12-9-8-11-13-17-20(22)16-6-4-2;/h20-22H,3-19H2,1-2H3,(H,23,24,25);/q;+1/p-1. The molecule has 0 aromatic rings. The zero-order valence-corrected chi connectivity index (χ0v) is 22.2. The van der Waals surface area contributed by atoms with Gasteiger partial charge in [-0.2, -0.15) is 0 Å². The van der Waals surface area contributed by atoms with Crippen molar-refractivity contribution in [2.45, 2.75) is 134 Å². The number of rotatable bonds is 19. The van der Waals surface area contributed by atoms with Crippen LogP contribution in [0.2, 0.25) is 0 Å². The van der Waals surface area contributed by atoms with Gasteiger partial charge in [0.1, 0.15) is 0 Å². The molecule has 2 unspecified atom stereocenters. The summed E-state index contributed by atoms with van der Waals surface area (Å²) in [5.41, 5.74) is 0.